The third-order valence-corrected chi connectivity index (χ3v) is 3.82. The van der Waals surface area contributed by atoms with Gasteiger partial charge in [-0.25, -0.2) is 4.98 Å². The van der Waals surface area contributed by atoms with Crippen LogP contribution in [-0.4, -0.2) is 28.5 Å². The quantitative estimate of drug-likeness (QED) is 0.851. The molecule has 1 saturated carbocycles. The molecule has 1 aliphatic rings. The fourth-order valence-electron chi connectivity index (χ4n) is 2.41. The summed E-state index contributed by atoms with van der Waals surface area (Å²) < 4.78 is 5.68. The van der Waals surface area contributed by atoms with E-state index in [4.69, 9.17) is 4.74 Å². The zero-order valence-corrected chi connectivity index (χ0v) is 13.8. The number of nitrogens with zero attached hydrogens (tertiary/aromatic N) is 1. The predicted molar refractivity (Wildman–Crippen MR) is 90.4 cm³/mol. The van der Waals surface area contributed by atoms with Gasteiger partial charge in [0.1, 0.15) is 23.9 Å². The Morgan fingerprint density at radius 2 is 2.21 bits per heavy atom. The van der Waals surface area contributed by atoms with Crippen molar-refractivity contribution in [2.24, 2.45) is 0 Å². The van der Waals surface area contributed by atoms with Gasteiger partial charge in [0.15, 0.2) is 0 Å². The molecular formula is C18H21N3O3. The zero-order chi connectivity index (χ0) is 17.1. The Balaban J connectivity index is 1.59. The van der Waals surface area contributed by atoms with E-state index in [0.717, 1.165) is 24.2 Å². The number of H-pyrrole nitrogens is 1. The Morgan fingerprint density at radius 1 is 1.42 bits per heavy atom. The fourth-order valence-corrected chi connectivity index (χ4v) is 2.41. The lowest BCUT2D eigenvalue weighted by atomic mass is 10.2. The summed E-state index contributed by atoms with van der Waals surface area (Å²) in [5.74, 6) is 1.30. The number of aromatic nitrogens is 2. The van der Waals surface area contributed by atoms with Gasteiger partial charge in [0.05, 0.1) is 6.04 Å². The molecule has 0 spiro atoms. The van der Waals surface area contributed by atoms with Crippen molar-refractivity contribution in [1.29, 1.82) is 0 Å². The normalized spacial score (nSPS) is 14.9. The van der Waals surface area contributed by atoms with Crippen molar-refractivity contribution in [3.8, 4) is 5.75 Å². The van der Waals surface area contributed by atoms with Crippen LogP contribution in [0.1, 0.15) is 47.6 Å². The van der Waals surface area contributed by atoms with Gasteiger partial charge in [-0.1, -0.05) is 12.1 Å². The van der Waals surface area contributed by atoms with Crippen molar-refractivity contribution in [1.82, 2.24) is 15.3 Å². The summed E-state index contributed by atoms with van der Waals surface area (Å²) in [4.78, 5) is 30.9. The van der Waals surface area contributed by atoms with Crippen LogP contribution in [0.15, 0.2) is 35.1 Å². The van der Waals surface area contributed by atoms with E-state index < -0.39 is 0 Å². The summed E-state index contributed by atoms with van der Waals surface area (Å²) in [5.41, 5.74) is 0.980. The molecule has 1 aromatic heterocycles. The summed E-state index contributed by atoms with van der Waals surface area (Å²) in [5, 5.41) is 2.82. The maximum absolute atomic E-state index is 12.3. The first-order valence-corrected chi connectivity index (χ1v) is 8.13. The Labute approximate surface area is 140 Å². The summed E-state index contributed by atoms with van der Waals surface area (Å²) >= 11 is 0. The SMILES string of the molecule is Cc1cccc(OCC(C)NC(=O)c2cc(=O)[nH]c(C3CC3)n2)c1. The molecule has 3 rings (SSSR count). The molecule has 6 heteroatoms. The highest BCUT2D eigenvalue weighted by molar-refractivity contribution is 5.92. The molecule has 2 aromatic rings. The summed E-state index contributed by atoms with van der Waals surface area (Å²) in [7, 11) is 0. The van der Waals surface area contributed by atoms with Crippen LogP contribution >= 0.6 is 0 Å². The third-order valence-electron chi connectivity index (χ3n) is 3.82. The van der Waals surface area contributed by atoms with Crippen LogP contribution in [0.25, 0.3) is 0 Å². The van der Waals surface area contributed by atoms with E-state index in [-0.39, 0.29) is 29.1 Å². The minimum Gasteiger partial charge on any atom is -0.491 e. The van der Waals surface area contributed by atoms with Crippen molar-refractivity contribution >= 4 is 5.91 Å². The lowest BCUT2D eigenvalue weighted by Crippen LogP contribution is -2.37. The van der Waals surface area contributed by atoms with Crippen LogP contribution in [0, 0.1) is 6.92 Å². The highest BCUT2D eigenvalue weighted by Gasteiger charge is 2.27. The van der Waals surface area contributed by atoms with Crippen molar-refractivity contribution in [2.45, 2.75) is 38.6 Å². The topological polar surface area (TPSA) is 84.1 Å². The highest BCUT2D eigenvalue weighted by atomic mass is 16.5. The molecule has 126 valence electrons. The first kappa shape index (κ1) is 16.2. The second-order valence-electron chi connectivity index (χ2n) is 6.29. The average molecular weight is 327 g/mol. The van der Waals surface area contributed by atoms with Crippen molar-refractivity contribution in [2.75, 3.05) is 6.61 Å². The van der Waals surface area contributed by atoms with Crippen molar-refractivity contribution in [3.63, 3.8) is 0 Å². The van der Waals surface area contributed by atoms with Gasteiger partial charge in [-0.2, -0.15) is 0 Å². The summed E-state index contributed by atoms with van der Waals surface area (Å²) in [6.07, 6.45) is 2.02. The first-order chi connectivity index (χ1) is 11.5. The van der Waals surface area contributed by atoms with E-state index in [1.807, 2.05) is 38.1 Å². The largest absolute Gasteiger partial charge is 0.491 e. The number of nitrogens with one attached hydrogen (secondary N) is 2. The molecule has 0 radical (unpaired) electrons. The van der Waals surface area contributed by atoms with Gasteiger partial charge in [-0.15, -0.1) is 0 Å². The maximum Gasteiger partial charge on any atom is 0.270 e. The van der Waals surface area contributed by atoms with Gasteiger partial charge in [-0.3, -0.25) is 9.59 Å². The monoisotopic (exact) mass is 327 g/mol. The number of carbonyl (C=O) groups is 1. The zero-order valence-electron chi connectivity index (χ0n) is 13.8. The van der Waals surface area contributed by atoms with Crippen LogP contribution in [-0.2, 0) is 0 Å². The number of aryl methyl sites for hydroxylation is 1. The Morgan fingerprint density at radius 3 is 2.92 bits per heavy atom. The van der Waals surface area contributed by atoms with Gasteiger partial charge in [0.25, 0.3) is 11.5 Å². The van der Waals surface area contributed by atoms with E-state index in [1.54, 1.807) is 0 Å². The van der Waals surface area contributed by atoms with Gasteiger partial charge in [0, 0.05) is 12.0 Å². The maximum atomic E-state index is 12.3. The van der Waals surface area contributed by atoms with Crippen LogP contribution in [0.3, 0.4) is 0 Å². The molecule has 0 aliphatic heterocycles. The number of hydrogen-bond acceptors (Lipinski definition) is 4. The number of ether oxygens (including phenoxy) is 1. The minimum atomic E-state index is -0.358. The minimum absolute atomic E-state index is 0.156. The number of amides is 1. The first-order valence-electron chi connectivity index (χ1n) is 8.13. The smallest absolute Gasteiger partial charge is 0.270 e. The number of carbonyl (C=O) groups excluding carboxylic acids is 1. The molecule has 1 aliphatic carbocycles. The number of aromatic amines is 1. The Hall–Kier alpha value is -2.63. The Bertz CT molecular complexity index is 796. The summed E-state index contributed by atoms with van der Waals surface area (Å²) in [6.45, 7) is 4.19. The molecule has 1 amide bonds. The third kappa shape index (κ3) is 4.22. The molecule has 1 heterocycles. The second-order valence-corrected chi connectivity index (χ2v) is 6.29. The van der Waals surface area contributed by atoms with E-state index in [0.29, 0.717) is 12.4 Å². The van der Waals surface area contributed by atoms with Gasteiger partial charge < -0.3 is 15.0 Å². The van der Waals surface area contributed by atoms with Crippen LogP contribution < -0.4 is 15.6 Å². The van der Waals surface area contributed by atoms with Gasteiger partial charge in [-0.05, 0) is 44.4 Å². The molecule has 0 bridgehead atoms. The number of hydrogen-bond donors (Lipinski definition) is 2. The molecule has 1 aromatic carbocycles. The highest BCUT2D eigenvalue weighted by Crippen LogP contribution is 2.37. The molecule has 6 nitrogen and oxygen atoms in total. The second kappa shape index (κ2) is 6.86. The van der Waals surface area contributed by atoms with Gasteiger partial charge in [0.2, 0.25) is 0 Å². The molecule has 24 heavy (non-hydrogen) atoms. The average Bonchev–Trinajstić information content (AvgIpc) is 3.37. The van der Waals surface area contributed by atoms with E-state index in [2.05, 4.69) is 15.3 Å². The van der Waals surface area contributed by atoms with Crippen molar-refractivity contribution < 1.29 is 9.53 Å². The summed E-state index contributed by atoms with van der Waals surface area (Å²) in [6, 6.07) is 8.76. The lowest BCUT2D eigenvalue weighted by molar-refractivity contribution is 0.0921. The molecular weight excluding hydrogens is 306 g/mol. The molecule has 1 atom stereocenters. The van der Waals surface area contributed by atoms with Crippen LogP contribution in [0.2, 0.25) is 0 Å². The van der Waals surface area contributed by atoms with Gasteiger partial charge >= 0.3 is 0 Å². The molecule has 1 fully saturated rings. The van der Waals surface area contributed by atoms with Crippen LogP contribution in [0.5, 0.6) is 5.75 Å². The standard InChI is InChI=1S/C18H21N3O3/c1-11-4-3-5-14(8-11)24-10-12(2)19-18(23)15-9-16(22)21-17(20-15)13-6-7-13/h3-5,8-9,12-13H,6-7,10H2,1-2H3,(H,19,23)(H,20,21,22). The molecule has 2 N–H and O–H groups in total. The number of benzene rings is 1. The van der Waals surface area contributed by atoms with Crippen molar-refractivity contribution in [3.05, 3.63) is 57.8 Å². The fraction of sp³-hybridized carbons (Fsp3) is 0.389. The van der Waals surface area contributed by atoms with Crippen LogP contribution in [0.4, 0.5) is 0 Å². The Kier molecular flexibility index (Phi) is 4.64. The lowest BCUT2D eigenvalue weighted by Gasteiger charge is -2.15. The van der Waals surface area contributed by atoms with E-state index >= 15 is 0 Å². The van der Waals surface area contributed by atoms with E-state index in [1.165, 1.54) is 6.07 Å². The molecule has 0 saturated heterocycles. The van der Waals surface area contributed by atoms with E-state index in [9.17, 15) is 9.59 Å². The molecule has 1 unspecified atom stereocenters. The predicted octanol–water partition coefficient (Wildman–Crippen LogP) is 2.15. The number of rotatable bonds is 6.